The van der Waals surface area contributed by atoms with E-state index < -0.39 is 24.9 Å². The van der Waals surface area contributed by atoms with Crippen LogP contribution >= 0.6 is 0 Å². The summed E-state index contributed by atoms with van der Waals surface area (Å²) in [5.41, 5.74) is 1.28. The van der Waals surface area contributed by atoms with Crippen LogP contribution in [0.3, 0.4) is 0 Å². The van der Waals surface area contributed by atoms with Crippen LogP contribution in [0.4, 0.5) is 8.78 Å². The van der Waals surface area contributed by atoms with Gasteiger partial charge in [0.15, 0.2) is 0 Å². The van der Waals surface area contributed by atoms with Crippen LogP contribution < -0.4 is 10.6 Å². The van der Waals surface area contributed by atoms with Crippen LogP contribution in [0.2, 0.25) is 0 Å². The number of likely N-dealkylation sites (tertiary alicyclic amines) is 1. The van der Waals surface area contributed by atoms with Crippen LogP contribution in [-0.2, 0) is 11.3 Å². The molecule has 6 heteroatoms. The molecule has 0 spiro atoms. The molecule has 1 aromatic carbocycles. The Morgan fingerprint density at radius 3 is 2.75 bits per heavy atom. The van der Waals surface area contributed by atoms with Crippen LogP contribution in [0.25, 0.3) is 0 Å². The smallest absolute Gasteiger partial charge is 0.262 e. The number of halogens is 2. The van der Waals surface area contributed by atoms with Crippen molar-refractivity contribution in [1.82, 2.24) is 15.5 Å². The summed E-state index contributed by atoms with van der Waals surface area (Å²) < 4.78 is 26.4. The number of alkyl halides is 2. The third-order valence-corrected chi connectivity index (χ3v) is 5.01. The minimum absolute atomic E-state index is 0.0653. The summed E-state index contributed by atoms with van der Waals surface area (Å²) in [6.45, 7) is 3.55. The monoisotopic (exact) mass is 337 g/mol. The van der Waals surface area contributed by atoms with Crippen molar-refractivity contribution in [2.24, 2.45) is 0 Å². The fourth-order valence-electron chi connectivity index (χ4n) is 3.61. The highest BCUT2D eigenvalue weighted by atomic mass is 19.3. The number of amides is 1. The lowest BCUT2D eigenvalue weighted by Gasteiger charge is -2.38. The first-order valence-corrected chi connectivity index (χ1v) is 8.62. The van der Waals surface area contributed by atoms with E-state index in [-0.39, 0.29) is 11.9 Å². The average molecular weight is 337 g/mol. The molecule has 132 valence electrons. The minimum Gasteiger partial charge on any atom is -0.352 e. The zero-order chi connectivity index (χ0) is 17.2. The Morgan fingerprint density at radius 1 is 1.38 bits per heavy atom. The van der Waals surface area contributed by atoms with E-state index in [4.69, 9.17) is 0 Å². The van der Waals surface area contributed by atoms with Crippen molar-refractivity contribution in [1.29, 1.82) is 0 Å². The van der Waals surface area contributed by atoms with Gasteiger partial charge in [0.05, 0.1) is 12.6 Å². The van der Waals surface area contributed by atoms with Crippen LogP contribution in [0.1, 0.15) is 31.7 Å². The van der Waals surface area contributed by atoms with Gasteiger partial charge in [0.2, 0.25) is 5.91 Å². The number of piperidine rings is 1. The standard InChI is InChI=1S/C18H25F2N3O/c1-13-9-15(22-17(24)16-10-18(19,20)12-21-16)7-8-23(13)11-14-5-3-2-4-6-14/h2-6,13,15-16,21H,7-12H2,1H3,(H,22,24). The Bertz CT molecular complexity index is 567. The molecule has 3 atom stereocenters. The Kier molecular flexibility index (Phi) is 5.15. The topological polar surface area (TPSA) is 44.4 Å². The minimum atomic E-state index is -2.77. The van der Waals surface area contributed by atoms with E-state index in [0.29, 0.717) is 6.04 Å². The third-order valence-electron chi connectivity index (χ3n) is 5.01. The molecule has 2 saturated heterocycles. The molecule has 0 aromatic heterocycles. The van der Waals surface area contributed by atoms with E-state index in [9.17, 15) is 13.6 Å². The number of nitrogens with zero attached hydrogens (tertiary/aromatic N) is 1. The van der Waals surface area contributed by atoms with Gasteiger partial charge in [-0.25, -0.2) is 8.78 Å². The van der Waals surface area contributed by atoms with Crippen LogP contribution in [-0.4, -0.2) is 47.9 Å². The van der Waals surface area contributed by atoms with Crippen molar-refractivity contribution < 1.29 is 13.6 Å². The zero-order valence-electron chi connectivity index (χ0n) is 14.0. The molecule has 3 rings (SSSR count). The predicted octanol–water partition coefficient (Wildman–Crippen LogP) is 2.15. The Balaban J connectivity index is 1.48. The van der Waals surface area contributed by atoms with Crippen molar-refractivity contribution in [3.63, 3.8) is 0 Å². The summed E-state index contributed by atoms with van der Waals surface area (Å²) in [7, 11) is 0. The van der Waals surface area contributed by atoms with Gasteiger partial charge in [-0.2, -0.15) is 0 Å². The fraction of sp³-hybridized carbons (Fsp3) is 0.611. The van der Waals surface area contributed by atoms with Crippen molar-refractivity contribution in [3.8, 4) is 0 Å². The number of hydrogen-bond donors (Lipinski definition) is 2. The van der Waals surface area contributed by atoms with Gasteiger partial charge >= 0.3 is 0 Å². The normalized spacial score (nSPS) is 30.2. The quantitative estimate of drug-likeness (QED) is 0.885. The Morgan fingerprint density at radius 2 is 2.12 bits per heavy atom. The van der Waals surface area contributed by atoms with E-state index >= 15 is 0 Å². The van der Waals surface area contributed by atoms with Crippen LogP contribution in [0.15, 0.2) is 30.3 Å². The average Bonchev–Trinajstić information content (AvgIpc) is 2.91. The van der Waals surface area contributed by atoms with Gasteiger partial charge in [-0.15, -0.1) is 0 Å². The lowest BCUT2D eigenvalue weighted by Crippen LogP contribution is -2.51. The molecular weight excluding hydrogens is 312 g/mol. The van der Waals surface area contributed by atoms with Crippen molar-refractivity contribution in [3.05, 3.63) is 35.9 Å². The Hall–Kier alpha value is -1.53. The second kappa shape index (κ2) is 7.15. The SMILES string of the molecule is CC1CC(NC(=O)C2CC(F)(F)CN2)CCN1Cc1ccccc1. The van der Waals surface area contributed by atoms with Crippen molar-refractivity contribution in [2.45, 2.75) is 56.8 Å². The fourth-order valence-corrected chi connectivity index (χ4v) is 3.61. The first kappa shape index (κ1) is 17.3. The molecule has 1 amide bonds. The predicted molar refractivity (Wildman–Crippen MR) is 88.8 cm³/mol. The molecule has 0 bridgehead atoms. The first-order chi connectivity index (χ1) is 11.4. The van der Waals surface area contributed by atoms with Crippen molar-refractivity contribution in [2.75, 3.05) is 13.1 Å². The molecule has 24 heavy (non-hydrogen) atoms. The Labute approximate surface area is 141 Å². The molecule has 2 N–H and O–H groups in total. The highest BCUT2D eigenvalue weighted by molar-refractivity contribution is 5.82. The molecular formula is C18H25F2N3O. The van der Waals surface area contributed by atoms with Gasteiger partial charge in [-0.3, -0.25) is 15.0 Å². The van der Waals surface area contributed by atoms with Crippen molar-refractivity contribution >= 4 is 5.91 Å². The summed E-state index contributed by atoms with van der Waals surface area (Å²) in [5.74, 6) is -3.06. The number of rotatable bonds is 4. The number of nitrogens with one attached hydrogen (secondary N) is 2. The van der Waals surface area contributed by atoms with Crippen LogP contribution in [0.5, 0.6) is 0 Å². The summed E-state index contributed by atoms with van der Waals surface area (Å²) in [4.78, 5) is 14.6. The molecule has 2 fully saturated rings. The highest BCUT2D eigenvalue weighted by Crippen LogP contribution is 2.26. The lowest BCUT2D eigenvalue weighted by molar-refractivity contribution is -0.124. The lowest BCUT2D eigenvalue weighted by atomic mass is 9.97. The number of benzene rings is 1. The number of carbonyl (C=O) groups is 1. The molecule has 4 nitrogen and oxygen atoms in total. The molecule has 2 heterocycles. The van der Waals surface area contributed by atoms with Gasteiger partial charge in [0.25, 0.3) is 5.92 Å². The molecule has 0 saturated carbocycles. The zero-order valence-corrected chi connectivity index (χ0v) is 14.0. The van der Waals surface area contributed by atoms with Gasteiger partial charge in [0.1, 0.15) is 0 Å². The maximum Gasteiger partial charge on any atom is 0.262 e. The largest absolute Gasteiger partial charge is 0.352 e. The van der Waals surface area contributed by atoms with E-state index in [0.717, 1.165) is 25.9 Å². The highest BCUT2D eigenvalue weighted by Gasteiger charge is 2.42. The third kappa shape index (κ3) is 4.30. The van der Waals surface area contributed by atoms with Gasteiger partial charge in [0, 0.05) is 31.6 Å². The molecule has 0 radical (unpaired) electrons. The molecule has 1 aromatic rings. The number of hydrogen-bond acceptors (Lipinski definition) is 3. The summed E-state index contributed by atoms with van der Waals surface area (Å²) in [5, 5.41) is 5.57. The van der Waals surface area contributed by atoms with E-state index in [2.05, 4.69) is 34.6 Å². The van der Waals surface area contributed by atoms with Gasteiger partial charge in [-0.1, -0.05) is 30.3 Å². The van der Waals surface area contributed by atoms with E-state index in [1.165, 1.54) is 5.56 Å². The number of carbonyl (C=O) groups excluding carboxylic acids is 1. The molecule has 3 unspecified atom stereocenters. The second-order valence-electron chi connectivity index (χ2n) is 7.03. The second-order valence-corrected chi connectivity index (χ2v) is 7.03. The van der Waals surface area contributed by atoms with E-state index in [1.807, 2.05) is 18.2 Å². The summed E-state index contributed by atoms with van der Waals surface area (Å²) >= 11 is 0. The molecule has 2 aliphatic rings. The summed E-state index contributed by atoms with van der Waals surface area (Å²) in [6.07, 6.45) is 1.30. The van der Waals surface area contributed by atoms with Gasteiger partial charge in [-0.05, 0) is 25.3 Å². The first-order valence-electron chi connectivity index (χ1n) is 8.62. The maximum absolute atomic E-state index is 13.2. The summed E-state index contributed by atoms with van der Waals surface area (Å²) in [6, 6.07) is 9.97. The molecule has 0 aliphatic carbocycles. The molecule has 2 aliphatic heterocycles. The van der Waals surface area contributed by atoms with Crippen LogP contribution in [0, 0.1) is 0 Å². The van der Waals surface area contributed by atoms with E-state index in [1.54, 1.807) is 0 Å². The maximum atomic E-state index is 13.2. The van der Waals surface area contributed by atoms with Gasteiger partial charge < -0.3 is 5.32 Å².